The van der Waals surface area contributed by atoms with Gasteiger partial charge in [0, 0.05) is 12.5 Å². The summed E-state index contributed by atoms with van der Waals surface area (Å²) in [6.07, 6.45) is 1.90. The topological polar surface area (TPSA) is 94.1 Å². The van der Waals surface area contributed by atoms with Crippen molar-refractivity contribution in [1.29, 1.82) is 0 Å². The molecule has 0 atom stereocenters. The molecule has 6 nitrogen and oxygen atoms in total. The Hall–Kier alpha value is 0.520. The van der Waals surface area contributed by atoms with Gasteiger partial charge in [0.2, 0.25) is 0 Å². The fourth-order valence-corrected chi connectivity index (χ4v) is 6.63. The Balaban J connectivity index is 0.000000280. The third-order valence-electron chi connectivity index (χ3n) is 2.66. The number of nitrogens with zero attached hydrogens (tertiary/aromatic N) is 2. The molecule has 0 saturated heterocycles. The van der Waals surface area contributed by atoms with Gasteiger partial charge in [-0.25, -0.2) is 26.8 Å². The molecule has 2 aromatic heterocycles. The molecule has 2 rings (SSSR count). The number of pyridine rings is 2. The zero-order valence-corrected chi connectivity index (χ0v) is 21.0. The Morgan fingerprint density at radius 1 is 0.500 bits per heavy atom. The van der Waals surface area contributed by atoms with Gasteiger partial charge in [-0.1, -0.05) is 92.8 Å². The van der Waals surface area contributed by atoms with Crippen LogP contribution < -0.4 is 0 Å². The van der Waals surface area contributed by atoms with Crippen LogP contribution in [0.2, 0.25) is 40.7 Å². The van der Waals surface area contributed by atoms with E-state index in [0.29, 0.717) is 0 Å². The van der Waals surface area contributed by atoms with Crippen molar-refractivity contribution >= 4 is 112 Å². The predicted octanol–water partition coefficient (Wildman–Crippen LogP) is 6.20. The van der Waals surface area contributed by atoms with E-state index >= 15 is 0 Å². The van der Waals surface area contributed by atoms with Crippen LogP contribution in [-0.2, 0) is 19.7 Å². The zero-order chi connectivity index (χ0) is 22.2. The van der Waals surface area contributed by atoms with Gasteiger partial charge >= 0.3 is 0 Å². The van der Waals surface area contributed by atoms with E-state index in [0.717, 1.165) is 12.5 Å². The second-order valence-corrected chi connectivity index (χ2v) is 11.7. The fourth-order valence-electron chi connectivity index (χ4n) is 1.59. The Kier molecular flexibility index (Phi) is 9.26. The number of sulfone groups is 2. The van der Waals surface area contributed by atoms with E-state index in [-0.39, 0.29) is 50.5 Å². The minimum absolute atomic E-state index is 0.193. The highest BCUT2D eigenvalue weighted by atomic mass is 35.5. The molecule has 2 aromatic rings. The Morgan fingerprint density at radius 3 is 0.821 bits per heavy atom. The lowest BCUT2D eigenvalue weighted by Crippen LogP contribution is -2.01. The summed E-state index contributed by atoms with van der Waals surface area (Å²) in [5.41, 5.74) is 0. The molecule has 28 heavy (non-hydrogen) atoms. The monoisotopic (exact) mass is 586 g/mol. The van der Waals surface area contributed by atoms with Crippen molar-refractivity contribution in [3.8, 4) is 0 Å². The second-order valence-electron chi connectivity index (χ2n) is 4.85. The van der Waals surface area contributed by atoms with Crippen molar-refractivity contribution < 1.29 is 16.8 Å². The largest absolute Gasteiger partial charge is 0.224 e. The molecule has 0 saturated carbocycles. The van der Waals surface area contributed by atoms with Crippen LogP contribution in [0.25, 0.3) is 0 Å². The van der Waals surface area contributed by atoms with Gasteiger partial charge < -0.3 is 0 Å². The van der Waals surface area contributed by atoms with Crippen LogP contribution >= 0.6 is 92.8 Å². The standard InChI is InChI=1S/2C6H3Cl4NO2S/c2*1-14(12,13)4-2(7)5(9)11-6(10)3(4)8/h2*1H3. The van der Waals surface area contributed by atoms with E-state index in [2.05, 4.69) is 9.97 Å². The second kappa shape index (κ2) is 9.77. The van der Waals surface area contributed by atoms with Gasteiger partial charge in [-0.15, -0.1) is 0 Å². The molecule has 0 unspecified atom stereocenters. The third-order valence-corrected chi connectivity index (χ3v) is 8.36. The van der Waals surface area contributed by atoms with Crippen molar-refractivity contribution in [1.82, 2.24) is 9.97 Å². The molecule has 0 N–H and O–H groups in total. The molecule has 0 aliphatic carbocycles. The van der Waals surface area contributed by atoms with E-state index in [1.54, 1.807) is 0 Å². The number of hydrogen-bond acceptors (Lipinski definition) is 6. The highest BCUT2D eigenvalue weighted by Gasteiger charge is 2.24. The van der Waals surface area contributed by atoms with Crippen LogP contribution in [-0.4, -0.2) is 39.3 Å². The van der Waals surface area contributed by atoms with Crippen molar-refractivity contribution in [3.63, 3.8) is 0 Å². The minimum atomic E-state index is -3.58. The van der Waals surface area contributed by atoms with E-state index in [9.17, 15) is 16.8 Å². The molecule has 156 valence electrons. The highest BCUT2D eigenvalue weighted by Crippen LogP contribution is 2.38. The van der Waals surface area contributed by atoms with E-state index < -0.39 is 19.7 Å². The lowest BCUT2D eigenvalue weighted by atomic mass is 10.5. The highest BCUT2D eigenvalue weighted by molar-refractivity contribution is 7.91. The number of halogens is 8. The van der Waals surface area contributed by atoms with Crippen LogP contribution in [0.1, 0.15) is 0 Å². The lowest BCUT2D eigenvalue weighted by molar-refractivity contribution is 0.600. The maximum absolute atomic E-state index is 11.3. The minimum Gasteiger partial charge on any atom is -0.224 e. The average Bonchev–Trinajstić information content (AvgIpc) is 2.49. The number of rotatable bonds is 2. The number of aromatic nitrogens is 2. The summed E-state index contributed by atoms with van der Waals surface area (Å²) >= 11 is 44.7. The first-order valence-corrected chi connectivity index (χ1v) is 13.1. The smallest absolute Gasteiger partial charge is 0.178 e. The molecule has 16 heteroatoms. The summed E-state index contributed by atoms with van der Waals surface area (Å²) in [5.74, 6) is 0. The van der Waals surface area contributed by atoms with Crippen LogP contribution in [0.4, 0.5) is 0 Å². The van der Waals surface area contributed by atoms with Gasteiger partial charge in [0.1, 0.15) is 9.79 Å². The van der Waals surface area contributed by atoms with Crippen LogP contribution in [0, 0.1) is 0 Å². The molecule has 0 bridgehead atoms. The quantitative estimate of drug-likeness (QED) is 0.387. The molecular weight excluding hydrogens is 584 g/mol. The van der Waals surface area contributed by atoms with Crippen molar-refractivity contribution in [2.75, 3.05) is 12.5 Å². The van der Waals surface area contributed by atoms with Crippen molar-refractivity contribution in [2.45, 2.75) is 9.79 Å². The first-order valence-electron chi connectivity index (χ1n) is 6.30. The van der Waals surface area contributed by atoms with Crippen LogP contribution in [0.5, 0.6) is 0 Å². The summed E-state index contributed by atoms with van der Waals surface area (Å²) in [7, 11) is -7.16. The third kappa shape index (κ3) is 6.26. The summed E-state index contributed by atoms with van der Waals surface area (Å²) in [4.78, 5) is 6.50. The zero-order valence-electron chi connectivity index (χ0n) is 13.4. The lowest BCUT2D eigenvalue weighted by Gasteiger charge is -2.06. The Bertz CT molecular complexity index is 1010. The fraction of sp³-hybridized carbons (Fsp3) is 0.167. The van der Waals surface area contributed by atoms with Crippen LogP contribution in [0.15, 0.2) is 9.79 Å². The number of hydrogen-bond donors (Lipinski definition) is 0. The van der Waals surface area contributed by atoms with Crippen molar-refractivity contribution in [2.24, 2.45) is 0 Å². The van der Waals surface area contributed by atoms with E-state index in [4.69, 9.17) is 92.8 Å². The summed E-state index contributed by atoms with van der Waals surface area (Å²) in [6.45, 7) is 0. The maximum atomic E-state index is 11.3. The summed E-state index contributed by atoms with van der Waals surface area (Å²) in [5, 5.41) is -1.65. The summed E-state index contributed by atoms with van der Waals surface area (Å²) < 4.78 is 45.1. The molecule has 0 spiro atoms. The van der Waals surface area contributed by atoms with Gasteiger partial charge in [-0.2, -0.15) is 0 Å². The molecule has 0 aromatic carbocycles. The Labute approximate surface area is 200 Å². The maximum Gasteiger partial charge on any atom is 0.178 e. The van der Waals surface area contributed by atoms with Crippen LogP contribution in [0.3, 0.4) is 0 Å². The molecule has 0 aliphatic heterocycles. The molecule has 0 amide bonds. The first kappa shape index (κ1) is 26.6. The van der Waals surface area contributed by atoms with E-state index in [1.165, 1.54) is 0 Å². The van der Waals surface area contributed by atoms with Crippen molar-refractivity contribution in [3.05, 3.63) is 40.7 Å². The van der Waals surface area contributed by atoms with Gasteiger partial charge in [0.25, 0.3) is 0 Å². The van der Waals surface area contributed by atoms with E-state index in [1.807, 2.05) is 0 Å². The Morgan fingerprint density at radius 2 is 0.679 bits per heavy atom. The molecule has 0 radical (unpaired) electrons. The van der Waals surface area contributed by atoms with Gasteiger partial charge in [-0.3, -0.25) is 0 Å². The average molecular weight is 590 g/mol. The molecule has 0 fully saturated rings. The normalized spacial score (nSPS) is 11.8. The molecule has 0 aliphatic rings. The van der Waals surface area contributed by atoms with Gasteiger partial charge in [-0.05, 0) is 0 Å². The van der Waals surface area contributed by atoms with Gasteiger partial charge in [0.15, 0.2) is 40.3 Å². The first-order chi connectivity index (χ1) is 12.5. The molecular formula is C12H6Cl8N2O4S2. The van der Waals surface area contributed by atoms with Gasteiger partial charge in [0.05, 0.1) is 20.1 Å². The molecule has 2 heterocycles. The SMILES string of the molecule is CS(=O)(=O)c1c(Cl)c(Cl)nc(Cl)c1Cl.CS(=O)(=O)c1c(Cl)c(Cl)nc(Cl)c1Cl. The summed E-state index contributed by atoms with van der Waals surface area (Å²) in [6, 6.07) is 0. The predicted molar refractivity (Wildman–Crippen MR) is 115 cm³/mol.